The van der Waals surface area contributed by atoms with Crippen molar-refractivity contribution in [2.24, 2.45) is 5.73 Å². The van der Waals surface area contributed by atoms with E-state index >= 15 is 0 Å². The predicted molar refractivity (Wildman–Crippen MR) is 72.9 cm³/mol. The molecule has 0 aliphatic carbocycles. The zero-order valence-electron chi connectivity index (χ0n) is 10.9. The molecule has 0 saturated heterocycles. The quantitative estimate of drug-likeness (QED) is 0.827. The lowest BCUT2D eigenvalue weighted by molar-refractivity contribution is 0.251. The Morgan fingerprint density at radius 3 is 2.69 bits per heavy atom. The molecular formula is C13H24N2S. The topological polar surface area (TPSA) is 29.3 Å². The fourth-order valence-corrected chi connectivity index (χ4v) is 2.57. The van der Waals surface area contributed by atoms with E-state index in [0.29, 0.717) is 6.04 Å². The van der Waals surface area contributed by atoms with Crippen LogP contribution < -0.4 is 5.73 Å². The highest BCUT2D eigenvalue weighted by Crippen LogP contribution is 2.23. The van der Waals surface area contributed by atoms with Gasteiger partial charge in [-0.1, -0.05) is 6.07 Å². The average Bonchev–Trinajstić information content (AvgIpc) is 2.67. The molecular weight excluding hydrogens is 216 g/mol. The van der Waals surface area contributed by atoms with Gasteiger partial charge < -0.3 is 5.73 Å². The van der Waals surface area contributed by atoms with Crippen molar-refractivity contribution in [1.82, 2.24) is 4.90 Å². The molecule has 0 aliphatic heterocycles. The van der Waals surface area contributed by atoms with Crippen LogP contribution in [0.4, 0.5) is 0 Å². The monoisotopic (exact) mass is 240 g/mol. The second kappa shape index (κ2) is 5.80. The molecule has 2 N–H and O–H groups in total. The largest absolute Gasteiger partial charge is 0.326 e. The van der Waals surface area contributed by atoms with Gasteiger partial charge in [0.2, 0.25) is 0 Å². The smallest absolute Gasteiger partial charge is 0.0410 e. The van der Waals surface area contributed by atoms with Crippen molar-refractivity contribution in [2.75, 3.05) is 13.6 Å². The molecule has 1 rings (SSSR count). The lowest BCUT2D eigenvalue weighted by atomic mass is 10.00. The minimum atomic E-state index is -0.0347. The molecule has 0 spiro atoms. The summed E-state index contributed by atoms with van der Waals surface area (Å²) in [6, 6.07) is 4.84. The molecule has 1 atom stereocenters. The fourth-order valence-electron chi connectivity index (χ4n) is 1.72. The van der Waals surface area contributed by atoms with E-state index in [1.54, 1.807) is 0 Å². The Labute approximate surface area is 103 Å². The minimum Gasteiger partial charge on any atom is -0.326 e. The van der Waals surface area contributed by atoms with Crippen LogP contribution in [-0.2, 0) is 0 Å². The number of hydrogen-bond donors (Lipinski definition) is 1. The Kier molecular flexibility index (Phi) is 4.96. The summed E-state index contributed by atoms with van der Waals surface area (Å²) in [4.78, 5) is 3.84. The highest BCUT2D eigenvalue weighted by atomic mass is 32.1. The molecule has 0 bridgehead atoms. The second-order valence-electron chi connectivity index (χ2n) is 5.26. The van der Waals surface area contributed by atoms with Crippen molar-refractivity contribution in [1.29, 1.82) is 0 Å². The van der Waals surface area contributed by atoms with E-state index in [4.69, 9.17) is 5.73 Å². The maximum Gasteiger partial charge on any atom is 0.0410 e. The summed E-state index contributed by atoms with van der Waals surface area (Å²) in [6.45, 7) is 7.56. The fraction of sp³-hybridized carbons (Fsp3) is 0.692. The van der Waals surface area contributed by atoms with Gasteiger partial charge >= 0.3 is 0 Å². The van der Waals surface area contributed by atoms with Crippen LogP contribution in [0.2, 0.25) is 0 Å². The number of nitrogens with zero attached hydrogens (tertiary/aromatic N) is 1. The number of rotatable bonds is 6. The Morgan fingerprint density at radius 1 is 1.50 bits per heavy atom. The highest BCUT2D eigenvalue weighted by molar-refractivity contribution is 7.10. The lowest BCUT2D eigenvalue weighted by Crippen LogP contribution is -2.33. The molecule has 0 fully saturated rings. The zero-order chi connectivity index (χ0) is 12.2. The van der Waals surface area contributed by atoms with Crippen LogP contribution in [0.1, 0.15) is 44.5 Å². The molecule has 0 radical (unpaired) electrons. The summed E-state index contributed by atoms with van der Waals surface area (Å²) in [7, 11) is 2.19. The van der Waals surface area contributed by atoms with Gasteiger partial charge in [0.1, 0.15) is 0 Å². The molecule has 2 nitrogen and oxygen atoms in total. The molecule has 3 heteroatoms. The summed E-state index contributed by atoms with van der Waals surface area (Å²) in [5, 5.41) is 2.14. The lowest BCUT2D eigenvalue weighted by Gasteiger charge is -2.25. The first-order valence-corrected chi connectivity index (χ1v) is 6.80. The van der Waals surface area contributed by atoms with Crippen molar-refractivity contribution in [3.8, 4) is 0 Å². The van der Waals surface area contributed by atoms with Gasteiger partial charge in [0.25, 0.3) is 0 Å². The van der Waals surface area contributed by atoms with E-state index in [9.17, 15) is 0 Å². The van der Waals surface area contributed by atoms with E-state index in [1.165, 1.54) is 4.88 Å². The van der Waals surface area contributed by atoms with Crippen LogP contribution in [0, 0.1) is 0 Å². The second-order valence-corrected chi connectivity index (χ2v) is 6.24. The Morgan fingerprint density at radius 2 is 2.19 bits per heavy atom. The van der Waals surface area contributed by atoms with E-state index in [-0.39, 0.29) is 5.54 Å². The van der Waals surface area contributed by atoms with Gasteiger partial charge in [-0.2, -0.15) is 0 Å². The molecule has 1 aromatic heterocycles. The number of thiophene rings is 1. The van der Waals surface area contributed by atoms with Crippen molar-refractivity contribution >= 4 is 11.3 Å². The molecule has 1 heterocycles. The van der Waals surface area contributed by atoms with Gasteiger partial charge in [0, 0.05) is 16.5 Å². The van der Waals surface area contributed by atoms with E-state index < -0.39 is 0 Å². The molecule has 92 valence electrons. The first-order chi connectivity index (χ1) is 7.40. The number of nitrogens with two attached hydrogens (primary N) is 1. The molecule has 0 aliphatic rings. The molecule has 0 aromatic carbocycles. The van der Waals surface area contributed by atoms with Crippen LogP contribution in [-0.4, -0.2) is 24.0 Å². The Hall–Kier alpha value is -0.380. The minimum absolute atomic E-state index is 0.0347. The molecule has 16 heavy (non-hydrogen) atoms. The third-order valence-electron chi connectivity index (χ3n) is 2.95. The summed E-state index contributed by atoms with van der Waals surface area (Å²) in [5.41, 5.74) is 5.94. The van der Waals surface area contributed by atoms with E-state index in [1.807, 2.05) is 11.3 Å². The summed E-state index contributed by atoms with van der Waals surface area (Å²) in [5.74, 6) is 0. The predicted octanol–water partition coefficient (Wildman–Crippen LogP) is 3.26. The zero-order valence-corrected chi connectivity index (χ0v) is 11.7. The van der Waals surface area contributed by atoms with Crippen LogP contribution in [0.25, 0.3) is 0 Å². The van der Waals surface area contributed by atoms with Gasteiger partial charge in [0.05, 0.1) is 0 Å². The van der Waals surface area contributed by atoms with Crippen LogP contribution in [0.5, 0.6) is 0 Å². The standard InChI is InChI=1S/C13H24N2S/c1-11(12-7-5-10-16-12)15(4)9-6-8-13(2,3)14/h5,7,10-11H,6,8-9,14H2,1-4H3. The first-order valence-electron chi connectivity index (χ1n) is 5.93. The Balaban J connectivity index is 2.33. The Bertz CT molecular complexity index is 287. The first kappa shape index (κ1) is 13.7. The maximum absolute atomic E-state index is 5.98. The summed E-state index contributed by atoms with van der Waals surface area (Å²) < 4.78 is 0. The van der Waals surface area contributed by atoms with Crippen LogP contribution >= 0.6 is 11.3 Å². The third-order valence-corrected chi connectivity index (χ3v) is 3.99. The molecule has 1 unspecified atom stereocenters. The van der Waals surface area contributed by atoms with Gasteiger partial charge in [-0.25, -0.2) is 0 Å². The van der Waals surface area contributed by atoms with Gasteiger partial charge in [0.15, 0.2) is 0 Å². The summed E-state index contributed by atoms with van der Waals surface area (Å²) in [6.07, 6.45) is 2.24. The SMILES string of the molecule is CC(c1cccs1)N(C)CCCC(C)(C)N. The van der Waals surface area contributed by atoms with Crippen LogP contribution in [0.3, 0.4) is 0 Å². The van der Waals surface area contributed by atoms with E-state index in [0.717, 1.165) is 19.4 Å². The summed E-state index contributed by atoms with van der Waals surface area (Å²) >= 11 is 1.83. The highest BCUT2D eigenvalue weighted by Gasteiger charge is 2.14. The molecule has 0 amide bonds. The van der Waals surface area contributed by atoms with Crippen molar-refractivity contribution in [2.45, 2.75) is 45.2 Å². The van der Waals surface area contributed by atoms with Gasteiger partial charge in [-0.3, -0.25) is 4.90 Å². The average molecular weight is 240 g/mol. The van der Waals surface area contributed by atoms with Crippen molar-refractivity contribution < 1.29 is 0 Å². The van der Waals surface area contributed by atoms with E-state index in [2.05, 4.69) is 50.2 Å². The molecule has 0 saturated carbocycles. The number of hydrogen-bond acceptors (Lipinski definition) is 3. The van der Waals surface area contributed by atoms with Crippen LogP contribution in [0.15, 0.2) is 17.5 Å². The van der Waals surface area contributed by atoms with Gasteiger partial charge in [-0.05, 0) is 58.7 Å². The third kappa shape index (κ3) is 4.64. The van der Waals surface area contributed by atoms with Gasteiger partial charge in [-0.15, -0.1) is 11.3 Å². The molecule has 1 aromatic rings. The maximum atomic E-state index is 5.98. The normalized spacial score (nSPS) is 14.4. The van der Waals surface area contributed by atoms with Crippen molar-refractivity contribution in [3.05, 3.63) is 22.4 Å². The van der Waals surface area contributed by atoms with Crippen molar-refractivity contribution in [3.63, 3.8) is 0 Å².